The van der Waals surface area contributed by atoms with Crippen molar-refractivity contribution in [3.63, 3.8) is 0 Å². The maximum Gasteiger partial charge on any atom is 0.451 e. The van der Waals surface area contributed by atoms with Crippen LogP contribution in [0, 0.1) is 3.57 Å². The van der Waals surface area contributed by atoms with Crippen LogP contribution >= 0.6 is 34.2 Å². The van der Waals surface area contributed by atoms with Crippen LogP contribution in [0.15, 0.2) is 30.3 Å². The Balaban J connectivity index is 2.36. The van der Waals surface area contributed by atoms with E-state index in [1.807, 2.05) is 12.1 Å². The third kappa shape index (κ3) is 3.69. The van der Waals surface area contributed by atoms with Gasteiger partial charge in [-0.15, -0.1) is 0 Å². The number of hydrogen-bond donors (Lipinski definition) is 1. The first kappa shape index (κ1) is 14.3. The predicted octanol–water partition coefficient (Wildman–Crippen LogP) is 4.50. The van der Waals surface area contributed by atoms with E-state index in [1.54, 1.807) is 12.1 Å². The molecule has 2 rings (SSSR count). The lowest BCUT2D eigenvalue weighted by Gasteiger charge is -2.10. The zero-order valence-corrected chi connectivity index (χ0v) is 12.1. The average molecular weight is 400 g/mol. The second-order valence-electron chi connectivity index (χ2n) is 3.50. The fourth-order valence-electron chi connectivity index (χ4n) is 1.31. The van der Waals surface area contributed by atoms with Crippen molar-refractivity contribution >= 4 is 45.7 Å². The monoisotopic (exact) mass is 399 g/mol. The van der Waals surface area contributed by atoms with Crippen LogP contribution in [-0.4, -0.2) is 9.97 Å². The molecule has 1 N–H and O–H groups in total. The molecule has 8 heteroatoms. The van der Waals surface area contributed by atoms with E-state index in [-0.39, 0.29) is 11.0 Å². The van der Waals surface area contributed by atoms with E-state index >= 15 is 0 Å². The Labute approximate surface area is 125 Å². The van der Waals surface area contributed by atoms with Gasteiger partial charge in [0.2, 0.25) is 5.82 Å². The summed E-state index contributed by atoms with van der Waals surface area (Å²) in [6.07, 6.45) is -4.63. The van der Waals surface area contributed by atoms with E-state index in [0.29, 0.717) is 5.69 Å². The minimum Gasteiger partial charge on any atom is -0.339 e. The quantitative estimate of drug-likeness (QED) is 0.597. The molecule has 0 amide bonds. The normalized spacial score (nSPS) is 11.4. The second-order valence-corrected chi connectivity index (χ2v) is 5.05. The summed E-state index contributed by atoms with van der Waals surface area (Å²) in [7, 11) is 0. The van der Waals surface area contributed by atoms with Gasteiger partial charge in [-0.05, 0) is 34.7 Å². The fourth-order valence-corrected chi connectivity index (χ4v) is 2.01. The number of benzene rings is 1. The van der Waals surface area contributed by atoms with Crippen LogP contribution in [0.4, 0.5) is 24.7 Å². The molecule has 1 aromatic heterocycles. The molecule has 0 bridgehead atoms. The van der Waals surface area contributed by atoms with Gasteiger partial charge in [-0.25, -0.2) is 9.97 Å². The van der Waals surface area contributed by atoms with Crippen molar-refractivity contribution in [1.82, 2.24) is 9.97 Å². The molecule has 1 heterocycles. The first-order valence-electron chi connectivity index (χ1n) is 4.99. The number of alkyl halides is 3. The van der Waals surface area contributed by atoms with E-state index in [1.165, 1.54) is 6.07 Å². The maximum atomic E-state index is 12.6. The largest absolute Gasteiger partial charge is 0.451 e. The van der Waals surface area contributed by atoms with E-state index in [9.17, 15) is 13.2 Å². The first-order valence-corrected chi connectivity index (χ1v) is 6.45. The maximum absolute atomic E-state index is 12.6. The Morgan fingerprint density at radius 3 is 2.47 bits per heavy atom. The van der Waals surface area contributed by atoms with Gasteiger partial charge >= 0.3 is 6.18 Å². The van der Waals surface area contributed by atoms with Crippen LogP contribution < -0.4 is 5.32 Å². The number of nitrogens with one attached hydrogen (secondary N) is 1. The molecule has 0 aliphatic heterocycles. The Morgan fingerprint density at radius 1 is 1.16 bits per heavy atom. The molecule has 0 atom stereocenters. The van der Waals surface area contributed by atoms with Crippen molar-refractivity contribution < 1.29 is 13.2 Å². The number of halogens is 5. The molecule has 19 heavy (non-hydrogen) atoms. The number of rotatable bonds is 2. The summed E-state index contributed by atoms with van der Waals surface area (Å²) in [5.74, 6) is -1.27. The van der Waals surface area contributed by atoms with Crippen LogP contribution in [0.3, 0.4) is 0 Å². The summed E-state index contributed by atoms with van der Waals surface area (Å²) in [6, 6.07) is 8.36. The van der Waals surface area contributed by atoms with Gasteiger partial charge in [-0.1, -0.05) is 23.7 Å². The minimum atomic E-state index is -4.63. The van der Waals surface area contributed by atoms with Gasteiger partial charge in [-0.3, -0.25) is 0 Å². The molecule has 0 unspecified atom stereocenters. The highest BCUT2D eigenvalue weighted by Gasteiger charge is 2.35. The zero-order valence-electron chi connectivity index (χ0n) is 9.17. The molecule has 0 radical (unpaired) electrons. The Hall–Kier alpha value is -1.09. The molecule has 1 aromatic carbocycles. The molecule has 0 aliphatic carbocycles. The summed E-state index contributed by atoms with van der Waals surface area (Å²) in [5.41, 5.74) is 0.644. The molecule has 2 aromatic rings. The van der Waals surface area contributed by atoms with Gasteiger partial charge in [0.15, 0.2) is 0 Å². The van der Waals surface area contributed by atoms with Crippen molar-refractivity contribution in [2.75, 3.05) is 5.32 Å². The van der Waals surface area contributed by atoms with Crippen LogP contribution in [0.5, 0.6) is 0 Å². The standard InChI is InChI=1S/C11H6ClF3IN3/c12-8-5-9(19-10(18-8)11(13,14)15)17-7-4-2-1-3-6(7)16/h1-5H,(H,17,18,19). The first-order chi connectivity index (χ1) is 8.86. The van der Waals surface area contributed by atoms with Crippen LogP contribution in [0.1, 0.15) is 5.82 Å². The molecule has 3 nitrogen and oxygen atoms in total. The summed E-state index contributed by atoms with van der Waals surface area (Å²) in [6.45, 7) is 0. The molecular formula is C11H6ClF3IN3. The molecule has 0 saturated heterocycles. The number of para-hydroxylation sites is 1. The fraction of sp³-hybridized carbons (Fsp3) is 0.0909. The van der Waals surface area contributed by atoms with Gasteiger partial charge in [0.05, 0.1) is 5.69 Å². The number of anilines is 2. The Morgan fingerprint density at radius 2 is 1.84 bits per heavy atom. The van der Waals surface area contributed by atoms with Gasteiger partial charge in [-0.2, -0.15) is 13.2 Å². The molecular weight excluding hydrogens is 393 g/mol. The smallest absolute Gasteiger partial charge is 0.339 e. The van der Waals surface area contributed by atoms with Gasteiger partial charge in [0, 0.05) is 9.64 Å². The Kier molecular flexibility index (Phi) is 4.14. The summed E-state index contributed by atoms with van der Waals surface area (Å²) in [5, 5.41) is 2.51. The number of hydrogen-bond acceptors (Lipinski definition) is 3. The van der Waals surface area contributed by atoms with E-state index in [4.69, 9.17) is 11.6 Å². The van der Waals surface area contributed by atoms with E-state index < -0.39 is 12.0 Å². The minimum absolute atomic E-state index is 0.00330. The van der Waals surface area contributed by atoms with Gasteiger partial charge < -0.3 is 5.32 Å². The van der Waals surface area contributed by atoms with Crippen molar-refractivity contribution in [3.05, 3.63) is 44.9 Å². The highest BCUT2D eigenvalue weighted by Crippen LogP contribution is 2.29. The second kappa shape index (κ2) is 5.49. The highest BCUT2D eigenvalue weighted by molar-refractivity contribution is 14.1. The predicted molar refractivity (Wildman–Crippen MR) is 74.5 cm³/mol. The molecule has 0 aliphatic rings. The van der Waals surface area contributed by atoms with E-state index in [2.05, 4.69) is 37.9 Å². The molecule has 100 valence electrons. The van der Waals surface area contributed by atoms with E-state index in [0.717, 1.165) is 3.57 Å². The van der Waals surface area contributed by atoms with Gasteiger partial charge in [0.25, 0.3) is 0 Å². The molecule has 0 spiro atoms. The molecule has 0 saturated carbocycles. The molecule has 0 fully saturated rings. The lowest BCUT2D eigenvalue weighted by atomic mass is 10.3. The summed E-state index contributed by atoms with van der Waals surface area (Å²) >= 11 is 7.63. The number of aromatic nitrogens is 2. The van der Waals surface area contributed by atoms with Gasteiger partial charge in [0.1, 0.15) is 11.0 Å². The summed E-state index contributed by atoms with van der Waals surface area (Å²) in [4.78, 5) is 6.56. The highest BCUT2D eigenvalue weighted by atomic mass is 127. The van der Waals surface area contributed by atoms with Crippen LogP contribution in [-0.2, 0) is 6.18 Å². The van der Waals surface area contributed by atoms with Crippen molar-refractivity contribution in [3.8, 4) is 0 Å². The Bertz CT molecular complexity index is 604. The average Bonchev–Trinajstić information content (AvgIpc) is 2.30. The van der Waals surface area contributed by atoms with Crippen molar-refractivity contribution in [2.24, 2.45) is 0 Å². The van der Waals surface area contributed by atoms with Crippen LogP contribution in [0.2, 0.25) is 5.15 Å². The lowest BCUT2D eigenvalue weighted by molar-refractivity contribution is -0.144. The third-order valence-electron chi connectivity index (χ3n) is 2.09. The SMILES string of the molecule is FC(F)(F)c1nc(Cl)cc(Nc2ccccc2I)n1. The van der Waals surface area contributed by atoms with Crippen LogP contribution in [0.25, 0.3) is 0 Å². The third-order valence-corrected chi connectivity index (χ3v) is 3.22. The topological polar surface area (TPSA) is 37.8 Å². The van der Waals surface area contributed by atoms with Crippen molar-refractivity contribution in [2.45, 2.75) is 6.18 Å². The zero-order chi connectivity index (χ0) is 14.0. The number of nitrogens with zero attached hydrogens (tertiary/aromatic N) is 2. The summed E-state index contributed by atoms with van der Waals surface area (Å²) < 4.78 is 38.5. The van der Waals surface area contributed by atoms with Crippen molar-refractivity contribution in [1.29, 1.82) is 0 Å². The lowest BCUT2D eigenvalue weighted by Crippen LogP contribution is -2.12.